The molecule has 0 spiro atoms. The van der Waals surface area contributed by atoms with Crippen LogP contribution in [0.2, 0.25) is 0 Å². The van der Waals surface area contributed by atoms with Gasteiger partial charge in [0.05, 0.1) is 12.4 Å². The van der Waals surface area contributed by atoms with Crippen LogP contribution in [-0.4, -0.2) is 22.8 Å². The second kappa shape index (κ2) is 5.68. The molecule has 0 atom stereocenters. The summed E-state index contributed by atoms with van der Waals surface area (Å²) in [4.78, 5) is 0. The number of rotatable bonds is 2. The van der Waals surface area contributed by atoms with E-state index in [1.165, 1.54) is 12.2 Å². The standard InChI is InChI=1S/C4H6N2O2/c7-5-3-1-2-4-6-8/h1-4,7-8H/b2-1+,5-3+,6-4+. The van der Waals surface area contributed by atoms with Crippen molar-refractivity contribution in [2.45, 2.75) is 0 Å². The van der Waals surface area contributed by atoms with Crippen molar-refractivity contribution in [2.75, 3.05) is 0 Å². The van der Waals surface area contributed by atoms with Crippen molar-refractivity contribution in [2.24, 2.45) is 10.3 Å². The number of hydrogen-bond acceptors (Lipinski definition) is 4. The highest BCUT2D eigenvalue weighted by Crippen LogP contribution is 1.62. The first-order valence-electron chi connectivity index (χ1n) is 1.92. The van der Waals surface area contributed by atoms with Gasteiger partial charge in [-0.15, -0.1) is 0 Å². The summed E-state index contributed by atoms with van der Waals surface area (Å²) in [6.07, 6.45) is 5.14. The summed E-state index contributed by atoms with van der Waals surface area (Å²) in [5, 5.41) is 20.9. The van der Waals surface area contributed by atoms with Gasteiger partial charge in [-0.2, -0.15) is 0 Å². The summed E-state index contributed by atoms with van der Waals surface area (Å²) in [5.74, 6) is 0. The van der Waals surface area contributed by atoms with Crippen molar-refractivity contribution in [1.29, 1.82) is 0 Å². The zero-order valence-electron chi connectivity index (χ0n) is 4.10. The molecule has 0 saturated carbocycles. The van der Waals surface area contributed by atoms with Crippen molar-refractivity contribution < 1.29 is 10.4 Å². The fourth-order valence-electron chi connectivity index (χ4n) is 0.176. The van der Waals surface area contributed by atoms with Crippen LogP contribution < -0.4 is 0 Å². The minimum absolute atomic E-state index is 1.15. The Bertz CT molecular complexity index is 103. The Kier molecular flexibility index (Phi) is 4.74. The van der Waals surface area contributed by atoms with Crippen LogP contribution >= 0.6 is 0 Å². The summed E-state index contributed by atoms with van der Waals surface area (Å²) in [5.41, 5.74) is 0. The zero-order valence-corrected chi connectivity index (χ0v) is 4.10. The third-order valence-electron chi connectivity index (χ3n) is 0.417. The van der Waals surface area contributed by atoms with Gasteiger partial charge in [-0.3, -0.25) is 0 Å². The van der Waals surface area contributed by atoms with Crippen LogP contribution in [0.4, 0.5) is 0 Å². The maximum absolute atomic E-state index is 7.78. The Hall–Kier alpha value is -1.32. The van der Waals surface area contributed by atoms with Crippen LogP contribution in [0.1, 0.15) is 0 Å². The molecule has 4 heteroatoms. The quantitative estimate of drug-likeness (QED) is 0.311. The predicted molar refractivity (Wildman–Crippen MR) is 29.7 cm³/mol. The molecule has 8 heavy (non-hydrogen) atoms. The fourth-order valence-corrected chi connectivity index (χ4v) is 0.176. The average Bonchev–Trinajstić information content (AvgIpc) is 1.81. The Morgan fingerprint density at radius 2 is 1.25 bits per heavy atom. The van der Waals surface area contributed by atoms with E-state index in [9.17, 15) is 0 Å². The molecule has 0 saturated heterocycles. The molecule has 2 N–H and O–H groups in total. The summed E-state index contributed by atoms with van der Waals surface area (Å²) in [7, 11) is 0. The molecular weight excluding hydrogens is 108 g/mol. The zero-order chi connectivity index (χ0) is 6.24. The van der Waals surface area contributed by atoms with Gasteiger partial charge < -0.3 is 10.4 Å². The second-order valence-corrected chi connectivity index (χ2v) is 0.914. The number of allylic oxidation sites excluding steroid dienone is 2. The van der Waals surface area contributed by atoms with E-state index in [4.69, 9.17) is 10.4 Å². The van der Waals surface area contributed by atoms with Crippen LogP contribution in [-0.2, 0) is 0 Å². The minimum atomic E-state index is 1.15. The highest BCUT2D eigenvalue weighted by Gasteiger charge is 1.59. The van der Waals surface area contributed by atoms with Crippen molar-refractivity contribution in [3.05, 3.63) is 12.2 Å². The summed E-state index contributed by atoms with van der Waals surface area (Å²) >= 11 is 0. The van der Waals surface area contributed by atoms with E-state index in [0.717, 1.165) is 12.4 Å². The Balaban J connectivity index is 3.35. The van der Waals surface area contributed by atoms with Gasteiger partial charge in [0, 0.05) is 0 Å². The van der Waals surface area contributed by atoms with Gasteiger partial charge in [0.15, 0.2) is 0 Å². The largest absolute Gasteiger partial charge is 0.411 e. The van der Waals surface area contributed by atoms with Gasteiger partial charge in [-0.25, -0.2) is 0 Å². The topological polar surface area (TPSA) is 65.2 Å². The van der Waals surface area contributed by atoms with E-state index in [1.54, 1.807) is 0 Å². The maximum Gasteiger partial charge on any atom is 0.0662 e. The molecule has 0 heterocycles. The molecule has 0 aromatic rings. The van der Waals surface area contributed by atoms with Crippen LogP contribution in [0.15, 0.2) is 22.5 Å². The number of nitrogens with zero attached hydrogens (tertiary/aromatic N) is 2. The lowest BCUT2D eigenvalue weighted by Crippen LogP contribution is -1.65. The third-order valence-corrected chi connectivity index (χ3v) is 0.417. The van der Waals surface area contributed by atoms with E-state index >= 15 is 0 Å². The molecule has 0 aromatic carbocycles. The molecule has 0 aliphatic rings. The maximum atomic E-state index is 7.78. The first kappa shape index (κ1) is 6.68. The smallest absolute Gasteiger partial charge is 0.0662 e. The van der Waals surface area contributed by atoms with E-state index in [1.807, 2.05) is 0 Å². The predicted octanol–water partition coefficient (Wildman–Crippen LogP) is 0.463. The molecule has 0 unspecified atom stereocenters. The van der Waals surface area contributed by atoms with Crippen LogP contribution in [0.5, 0.6) is 0 Å². The molecule has 0 aliphatic carbocycles. The molecule has 0 aromatic heterocycles. The lowest BCUT2D eigenvalue weighted by atomic mass is 10.5. The first-order valence-corrected chi connectivity index (χ1v) is 1.92. The van der Waals surface area contributed by atoms with E-state index in [-0.39, 0.29) is 0 Å². The Morgan fingerprint density at radius 3 is 1.50 bits per heavy atom. The van der Waals surface area contributed by atoms with Crippen LogP contribution in [0, 0.1) is 0 Å². The van der Waals surface area contributed by atoms with E-state index in [2.05, 4.69) is 10.3 Å². The second-order valence-electron chi connectivity index (χ2n) is 0.914. The summed E-state index contributed by atoms with van der Waals surface area (Å²) in [6, 6.07) is 0. The summed E-state index contributed by atoms with van der Waals surface area (Å²) in [6.45, 7) is 0. The van der Waals surface area contributed by atoms with Crippen molar-refractivity contribution in [1.82, 2.24) is 0 Å². The van der Waals surface area contributed by atoms with Crippen molar-refractivity contribution >= 4 is 12.4 Å². The van der Waals surface area contributed by atoms with Gasteiger partial charge in [0.2, 0.25) is 0 Å². The fraction of sp³-hybridized carbons (Fsp3) is 0. The van der Waals surface area contributed by atoms with E-state index in [0.29, 0.717) is 0 Å². The first-order chi connectivity index (χ1) is 3.91. The van der Waals surface area contributed by atoms with Gasteiger partial charge >= 0.3 is 0 Å². The van der Waals surface area contributed by atoms with Gasteiger partial charge in [-0.1, -0.05) is 10.3 Å². The highest BCUT2D eigenvalue weighted by molar-refractivity contribution is 5.80. The monoisotopic (exact) mass is 114 g/mol. The normalized spacial score (nSPS) is 12.5. The molecule has 0 fully saturated rings. The van der Waals surface area contributed by atoms with Crippen molar-refractivity contribution in [3.63, 3.8) is 0 Å². The molecular formula is C4H6N2O2. The molecule has 0 rings (SSSR count). The Labute approximate surface area is 46.4 Å². The van der Waals surface area contributed by atoms with Crippen molar-refractivity contribution in [3.8, 4) is 0 Å². The molecule has 0 bridgehead atoms. The third kappa shape index (κ3) is 4.68. The molecule has 0 aliphatic heterocycles. The van der Waals surface area contributed by atoms with Gasteiger partial charge in [0.1, 0.15) is 0 Å². The number of oxime groups is 2. The van der Waals surface area contributed by atoms with E-state index < -0.39 is 0 Å². The number of hydrogen-bond donors (Lipinski definition) is 2. The average molecular weight is 114 g/mol. The van der Waals surface area contributed by atoms with Gasteiger partial charge in [0.25, 0.3) is 0 Å². The summed E-state index contributed by atoms with van der Waals surface area (Å²) < 4.78 is 0. The lowest BCUT2D eigenvalue weighted by Gasteiger charge is -1.67. The molecule has 44 valence electrons. The van der Waals surface area contributed by atoms with Crippen LogP contribution in [0.3, 0.4) is 0 Å². The van der Waals surface area contributed by atoms with Gasteiger partial charge in [-0.05, 0) is 12.2 Å². The SMILES string of the molecule is O/N=C/C=C/C=N/O. The van der Waals surface area contributed by atoms with Crippen LogP contribution in [0.25, 0.3) is 0 Å². The molecule has 0 amide bonds. The molecule has 4 nitrogen and oxygen atoms in total. The lowest BCUT2D eigenvalue weighted by molar-refractivity contribution is 0.321. The molecule has 0 radical (unpaired) electrons. The highest BCUT2D eigenvalue weighted by atomic mass is 16.4. The minimum Gasteiger partial charge on any atom is -0.411 e. The Morgan fingerprint density at radius 1 is 0.875 bits per heavy atom.